The van der Waals surface area contributed by atoms with E-state index in [4.69, 9.17) is 19.4 Å². The monoisotopic (exact) mass is 640 g/mol. The molecular formula is C45H28N4O. The molecule has 5 nitrogen and oxygen atoms in total. The van der Waals surface area contributed by atoms with Gasteiger partial charge in [0.05, 0.1) is 16.4 Å². The second-order valence-corrected chi connectivity index (χ2v) is 12.5. The predicted octanol–water partition coefficient (Wildman–Crippen LogP) is 11.5. The number of nitrogens with zero attached hydrogens (tertiary/aromatic N) is 4. The van der Waals surface area contributed by atoms with E-state index in [1.54, 1.807) is 0 Å². The number of para-hydroxylation sites is 2. The van der Waals surface area contributed by atoms with Crippen molar-refractivity contribution in [3.8, 4) is 51.0 Å². The van der Waals surface area contributed by atoms with Crippen LogP contribution in [-0.2, 0) is 0 Å². The number of furan rings is 1. The molecule has 0 bridgehead atoms. The van der Waals surface area contributed by atoms with E-state index in [1.807, 2.05) is 72.8 Å². The topological polar surface area (TPSA) is 56.7 Å². The second-order valence-electron chi connectivity index (χ2n) is 12.5. The van der Waals surface area contributed by atoms with Crippen molar-refractivity contribution in [2.75, 3.05) is 0 Å². The van der Waals surface area contributed by atoms with Gasteiger partial charge in [0.25, 0.3) is 0 Å². The van der Waals surface area contributed by atoms with Crippen molar-refractivity contribution >= 4 is 43.7 Å². The van der Waals surface area contributed by atoms with Crippen LogP contribution in [0.4, 0.5) is 0 Å². The molecule has 50 heavy (non-hydrogen) atoms. The van der Waals surface area contributed by atoms with Crippen molar-refractivity contribution in [2.45, 2.75) is 0 Å². The lowest BCUT2D eigenvalue weighted by Crippen LogP contribution is -2.00. The molecule has 0 aliphatic heterocycles. The Hall–Kier alpha value is -6.85. The van der Waals surface area contributed by atoms with Crippen LogP contribution in [0.15, 0.2) is 174 Å². The summed E-state index contributed by atoms with van der Waals surface area (Å²) < 4.78 is 8.94. The van der Waals surface area contributed by atoms with Crippen LogP contribution in [0.3, 0.4) is 0 Å². The molecule has 10 aromatic rings. The Morgan fingerprint density at radius 3 is 1.66 bits per heavy atom. The summed E-state index contributed by atoms with van der Waals surface area (Å²) in [5, 5.41) is 4.48. The Balaban J connectivity index is 1.17. The summed E-state index contributed by atoms with van der Waals surface area (Å²) in [6.07, 6.45) is 0. The van der Waals surface area contributed by atoms with Crippen LogP contribution in [0.1, 0.15) is 0 Å². The first kappa shape index (κ1) is 28.2. The van der Waals surface area contributed by atoms with Gasteiger partial charge in [0.1, 0.15) is 11.2 Å². The smallest absolute Gasteiger partial charge is 0.164 e. The standard InChI is InChI=1S/C45H28N4O/c1-4-13-29(14-5-1)43-46-44(30-15-6-2-7-16-30)48-45(47-43)33-18-12-17-31(27-33)32-23-25-38-37(28-32)41-39(49(38)34-19-8-3-9-20-34)26-24-36-35-21-10-11-22-40(35)50-42(36)41/h1-28H. The van der Waals surface area contributed by atoms with E-state index in [1.165, 1.54) is 0 Å². The third-order valence-electron chi connectivity index (χ3n) is 9.44. The summed E-state index contributed by atoms with van der Waals surface area (Å²) in [5.74, 6) is 1.92. The van der Waals surface area contributed by atoms with Crippen molar-refractivity contribution in [1.29, 1.82) is 0 Å². The minimum absolute atomic E-state index is 0.630. The lowest BCUT2D eigenvalue weighted by molar-refractivity contribution is 0.673. The zero-order chi connectivity index (χ0) is 33.0. The summed E-state index contributed by atoms with van der Waals surface area (Å²) in [5.41, 5.74) is 10.1. The highest BCUT2D eigenvalue weighted by molar-refractivity contribution is 6.24. The number of hydrogen-bond acceptors (Lipinski definition) is 4. The Morgan fingerprint density at radius 1 is 0.380 bits per heavy atom. The molecule has 0 saturated carbocycles. The zero-order valence-electron chi connectivity index (χ0n) is 26.9. The summed E-state index contributed by atoms with van der Waals surface area (Å²) in [6.45, 7) is 0. The lowest BCUT2D eigenvalue weighted by Gasteiger charge is -2.10. The zero-order valence-corrected chi connectivity index (χ0v) is 26.9. The molecule has 0 unspecified atom stereocenters. The van der Waals surface area contributed by atoms with Gasteiger partial charge in [-0.15, -0.1) is 0 Å². The van der Waals surface area contributed by atoms with E-state index in [0.29, 0.717) is 17.5 Å². The Labute approximate surface area is 287 Å². The molecule has 0 aliphatic rings. The number of rotatable bonds is 5. The summed E-state index contributed by atoms with van der Waals surface area (Å²) in [7, 11) is 0. The van der Waals surface area contributed by atoms with Crippen LogP contribution in [0.2, 0.25) is 0 Å². The minimum atomic E-state index is 0.630. The van der Waals surface area contributed by atoms with Crippen LogP contribution in [0, 0.1) is 0 Å². The maximum absolute atomic E-state index is 6.61. The minimum Gasteiger partial charge on any atom is -0.455 e. The molecule has 0 aliphatic carbocycles. The van der Waals surface area contributed by atoms with Gasteiger partial charge in [-0.25, -0.2) is 15.0 Å². The molecule has 0 N–H and O–H groups in total. The van der Waals surface area contributed by atoms with E-state index in [9.17, 15) is 0 Å². The molecule has 3 aromatic heterocycles. The Morgan fingerprint density at radius 2 is 0.940 bits per heavy atom. The van der Waals surface area contributed by atoms with Gasteiger partial charge < -0.3 is 8.98 Å². The molecule has 10 rings (SSSR count). The molecule has 0 radical (unpaired) electrons. The van der Waals surface area contributed by atoms with Crippen molar-refractivity contribution in [3.05, 3.63) is 170 Å². The SMILES string of the molecule is c1ccc(-c2nc(-c3ccccc3)nc(-c3cccc(-c4ccc5c(c4)c4c6oc7ccccc7c6ccc4n5-c4ccccc4)c3)n2)cc1. The number of fused-ring (bicyclic) bond motifs is 7. The van der Waals surface area contributed by atoms with E-state index in [2.05, 4.69) is 102 Å². The summed E-state index contributed by atoms with van der Waals surface area (Å²) in [6, 6.07) is 58.6. The maximum Gasteiger partial charge on any atom is 0.164 e. The molecule has 234 valence electrons. The molecule has 0 fully saturated rings. The fourth-order valence-corrected chi connectivity index (χ4v) is 7.10. The lowest BCUT2D eigenvalue weighted by atomic mass is 10.00. The van der Waals surface area contributed by atoms with E-state index in [0.717, 1.165) is 77.2 Å². The van der Waals surface area contributed by atoms with Gasteiger partial charge in [0.15, 0.2) is 17.5 Å². The van der Waals surface area contributed by atoms with Crippen LogP contribution < -0.4 is 0 Å². The molecule has 0 atom stereocenters. The van der Waals surface area contributed by atoms with Crippen LogP contribution in [0.25, 0.3) is 94.7 Å². The normalized spacial score (nSPS) is 11.6. The Bertz CT molecular complexity index is 2800. The van der Waals surface area contributed by atoms with Gasteiger partial charge in [-0.3, -0.25) is 0 Å². The number of hydrogen-bond donors (Lipinski definition) is 0. The first-order chi connectivity index (χ1) is 24.8. The third kappa shape index (κ3) is 4.60. The average molecular weight is 641 g/mol. The first-order valence-corrected chi connectivity index (χ1v) is 16.7. The summed E-state index contributed by atoms with van der Waals surface area (Å²) in [4.78, 5) is 14.8. The van der Waals surface area contributed by atoms with Gasteiger partial charge in [0.2, 0.25) is 0 Å². The molecule has 0 amide bonds. The average Bonchev–Trinajstić information content (AvgIpc) is 3.74. The maximum atomic E-state index is 6.61. The Kier molecular flexibility index (Phi) is 6.42. The van der Waals surface area contributed by atoms with Crippen molar-refractivity contribution < 1.29 is 4.42 Å². The van der Waals surface area contributed by atoms with Crippen LogP contribution >= 0.6 is 0 Å². The molecule has 5 heteroatoms. The van der Waals surface area contributed by atoms with Gasteiger partial charge >= 0.3 is 0 Å². The highest BCUT2D eigenvalue weighted by Gasteiger charge is 2.20. The molecule has 0 spiro atoms. The summed E-state index contributed by atoms with van der Waals surface area (Å²) >= 11 is 0. The van der Waals surface area contributed by atoms with Crippen molar-refractivity contribution in [1.82, 2.24) is 19.5 Å². The fraction of sp³-hybridized carbons (Fsp3) is 0. The van der Waals surface area contributed by atoms with Gasteiger partial charge in [-0.05, 0) is 59.7 Å². The number of benzene rings is 7. The van der Waals surface area contributed by atoms with E-state index >= 15 is 0 Å². The van der Waals surface area contributed by atoms with Gasteiger partial charge in [-0.2, -0.15) is 0 Å². The highest BCUT2D eigenvalue weighted by atomic mass is 16.3. The molecule has 0 saturated heterocycles. The highest BCUT2D eigenvalue weighted by Crippen LogP contribution is 2.42. The van der Waals surface area contributed by atoms with Gasteiger partial charge in [-0.1, -0.05) is 121 Å². The molecule has 3 heterocycles. The van der Waals surface area contributed by atoms with Gasteiger partial charge in [0, 0.05) is 38.5 Å². The van der Waals surface area contributed by atoms with Crippen LogP contribution in [0.5, 0.6) is 0 Å². The molecular weight excluding hydrogens is 613 g/mol. The van der Waals surface area contributed by atoms with E-state index in [-0.39, 0.29) is 0 Å². The van der Waals surface area contributed by atoms with Crippen molar-refractivity contribution in [3.63, 3.8) is 0 Å². The largest absolute Gasteiger partial charge is 0.455 e. The van der Waals surface area contributed by atoms with E-state index < -0.39 is 0 Å². The van der Waals surface area contributed by atoms with Crippen LogP contribution in [-0.4, -0.2) is 19.5 Å². The first-order valence-electron chi connectivity index (χ1n) is 16.7. The second kappa shape index (κ2) is 11.4. The molecule has 7 aromatic carbocycles. The fourth-order valence-electron chi connectivity index (χ4n) is 7.10. The number of aromatic nitrogens is 4. The predicted molar refractivity (Wildman–Crippen MR) is 203 cm³/mol. The third-order valence-corrected chi connectivity index (χ3v) is 9.44. The quantitative estimate of drug-likeness (QED) is 0.188. The van der Waals surface area contributed by atoms with Crippen molar-refractivity contribution in [2.24, 2.45) is 0 Å².